The highest BCUT2D eigenvalue weighted by Crippen LogP contribution is 2.63. The van der Waals surface area contributed by atoms with Gasteiger partial charge in [0.05, 0.1) is 22.3 Å². The van der Waals surface area contributed by atoms with Crippen LogP contribution in [-0.2, 0) is 10.8 Å². The fraction of sp³-hybridized carbons (Fsp3) is 0.120. The average Bonchev–Trinajstić information content (AvgIpc) is 1.46. The summed E-state index contributed by atoms with van der Waals surface area (Å²) >= 11 is 0. The summed E-state index contributed by atoms with van der Waals surface area (Å²) in [6.07, 6.45) is 4.33. The number of benzene rings is 11. The number of fused-ring (bicyclic) bond motifs is 3. The molecule has 11 aromatic rings. The maximum atomic E-state index is 16.7. The summed E-state index contributed by atoms with van der Waals surface area (Å²) in [5.41, 5.74) is 21.7. The lowest BCUT2D eigenvalue weighted by molar-refractivity contribution is 0.195. The maximum absolute atomic E-state index is 16.7. The Bertz CT molecular complexity index is 4140. The van der Waals surface area contributed by atoms with Crippen LogP contribution in [0.4, 0.5) is 54.3 Å². The van der Waals surface area contributed by atoms with E-state index in [9.17, 15) is 0 Å². The number of halogens is 2. The molecule has 388 valence electrons. The van der Waals surface area contributed by atoms with E-state index in [1.54, 1.807) is 24.3 Å². The summed E-state index contributed by atoms with van der Waals surface area (Å²) in [7, 11) is 0. The summed E-state index contributed by atoms with van der Waals surface area (Å²) < 4.78 is 33.4. The first-order valence-electron chi connectivity index (χ1n) is 28.6. The van der Waals surface area contributed by atoms with Crippen LogP contribution < -0.4 is 31.1 Å². The quantitative estimate of drug-likeness (QED) is 0.140. The van der Waals surface area contributed by atoms with E-state index in [4.69, 9.17) is 0 Å². The Hall–Kier alpha value is -9.26. The smallest absolute Gasteiger partial charge is 0.253 e. The highest BCUT2D eigenvalue weighted by atomic mass is 19.1. The summed E-state index contributed by atoms with van der Waals surface area (Å²) in [6, 6.07) is 89.8. The van der Waals surface area contributed by atoms with Gasteiger partial charge in [0.25, 0.3) is 6.71 Å². The van der Waals surface area contributed by atoms with Crippen LogP contribution in [0.5, 0.6) is 0 Å². The Labute approximate surface area is 473 Å². The monoisotopic (exact) mass is 1050 g/mol. The third-order valence-corrected chi connectivity index (χ3v) is 19.4. The molecule has 0 radical (unpaired) electrons. The Kier molecular flexibility index (Phi) is 10.5. The van der Waals surface area contributed by atoms with Gasteiger partial charge in [0, 0.05) is 61.8 Å². The van der Waals surface area contributed by atoms with Gasteiger partial charge in [0.1, 0.15) is 11.6 Å². The fourth-order valence-electron chi connectivity index (χ4n) is 15.8. The molecule has 81 heavy (non-hydrogen) atoms. The highest BCUT2D eigenvalue weighted by molar-refractivity contribution is 7.01. The number of anilines is 8. The lowest BCUT2D eigenvalue weighted by atomic mass is 9.28. The molecular weight excluding hydrogens is 992 g/mol. The predicted octanol–water partition coefficient (Wildman–Crippen LogP) is 17.5. The molecule has 4 heterocycles. The second-order valence-corrected chi connectivity index (χ2v) is 23.2. The maximum Gasteiger partial charge on any atom is 0.253 e. The van der Waals surface area contributed by atoms with Gasteiger partial charge >= 0.3 is 0 Å². The van der Waals surface area contributed by atoms with E-state index in [2.05, 4.69) is 223 Å². The van der Waals surface area contributed by atoms with Gasteiger partial charge in [-0.2, -0.15) is 0 Å². The molecule has 0 aromatic heterocycles. The van der Waals surface area contributed by atoms with E-state index in [0.29, 0.717) is 11.1 Å². The molecule has 0 spiro atoms. The molecule has 3 nitrogen and oxygen atoms in total. The molecule has 11 aromatic carbocycles. The molecule has 2 atom stereocenters. The Morgan fingerprint density at radius 1 is 0.358 bits per heavy atom. The summed E-state index contributed by atoms with van der Waals surface area (Å²) in [5.74, 6) is -0.555. The minimum Gasteiger partial charge on any atom is -0.334 e. The van der Waals surface area contributed by atoms with Crippen LogP contribution in [-0.4, -0.2) is 12.3 Å². The van der Waals surface area contributed by atoms with E-state index in [-0.39, 0.29) is 29.3 Å². The molecule has 0 saturated heterocycles. The topological polar surface area (TPSA) is 9.72 Å². The molecule has 1 fully saturated rings. The Morgan fingerprint density at radius 3 is 1.35 bits per heavy atom. The van der Waals surface area contributed by atoms with Crippen molar-refractivity contribution in [2.75, 3.05) is 14.7 Å². The van der Waals surface area contributed by atoms with Crippen molar-refractivity contribution in [3.63, 3.8) is 0 Å². The minimum absolute atomic E-state index is 0.183. The van der Waals surface area contributed by atoms with Gasteiger partial charge in [-0.25, -0.2) is 8.78 Å². The van der Waals surface area contributed by atoms with E-state index < -0.39 is 5.41 Å². The molecule has 1 aliphatic carbocycles. The summed E-state index contributed by atoms with van der Waals surface area (Å²) in [6.45, 7) is 4.79. The Morgan fingerprint density at radius 2 is 0.815 bits per heavy atom. The van der Waals surface area contributed by atoms with E-state index in [0.717, 1.165) is 93.2 Å². The summed E-state index contributed by atoms with van der Waals surface area (Å²) in [4.78, 5) is 7.64. The van der Waals surface area contributed by atoms with Gasteiger partial charge in [-0.3, -0.25) is 0 Å². The fourth-order valence-corrected chi connectivity index (χ4v) is 15.8. The normalized spacial score (nSPS) is 18.5. The largest absolute Gasteiger partial charge is 0.334 e. The number of rotatable bonds is 8. The third kappa shape index (κ3) is 6.56. The summed E-state index contributed by atoms with van der Waals surface area (Å²) in [5, 5.41) is 0. The molecule has 2 unspecified atom stereocenters. The van der Waals surface area contributed by atoms with Gasteiger partial charge in [0.15, 0.2) is 0 Å². The first-order valence-corrected chi connectivity index (χ1v) is 28.6. The van der Waals surface area contributed by atoms with Crippen LogP contribution in [0.25, 0.3) is 33.4 Å². The predicted molar refractivity (Wildman–Crippen MR) is 331 cm³/mol. The van der Waals surface area contributed by atoms with Crippen LogP contribution in [0.1, 0.15) is 67.3 Å². The SMILES string of the molecule is CC12CCCCC1(C)N(c1cc3c4c(c1)N(c1ccccc1-c1ccccc1F)c1cccc5c1B4c1c(cccc1C5(c1ccccc1)c1ccccc1)N3c1ccccc1-c1ccccc1F)c1ccc(-c3ccccc3)cc12. The van der Waals surface area contributed by atoms with Crippen LogP contribution >= 0.6 is 0 Å². The van der Waals surface area contributed by atoms with Crippen LogP contribution in [0.2, 0.25) is 0 Å². The van der Waals surface area contributed by atoms with Gasteiger partial charge in [-0.1, -0.05) is 214 Å². The van der Waals surface area contributed by atoms with Crippen LogP contribution in [0.3, 0.4) is 0 Å². The van der Waals surface area contributed by atoms with E-state index in [1.165, 1.54) is 44.4 Å². The number of hydrogen-bond acceptors (Lipinski definition) is 3. The lowest BCUT2D eigenvalue weighted by Gasteiger charge is -2.53. The number of nitrogens with zero attached hydrogens (tertiary/aromatic N) is 3. The molecule has 4 aliphatic heterocycles. The second kappa shape index (κ2) is 17.9. The molecule has 16 rings (SSSR count). The highest BCUT2D eigenvalue weighted by Gasteiger charge is 2.59. The molecule has 1 saturated carbocycles. The minimum atomic E-state index is -0.782. The van der Waals surface area contributed by atoms with Crippen molar-refractivity contribution in [3.05, 3.63) is 294 Å². The lowest BCUT2D eigenvalue weighted by Crippen LogP contribution is -2.68. The molecular formula is C75H56BF2N3. The van der Waals surface area contributed by atoms with Gasteiger partial charge < -0.3 is 14.7 Å². The second-order valence-electron chi connectivity index (χ2n) is 23.2. The third-order valence-electron chi connectivity index (χ3n) is 19.4. The Balaban J connectivity index is 1.07. The van der Waals surface area contributed by atoms with Crippen molar-refractivity contribution < 1.29 is 8.78 Å². The standard InChI is InChI=1S/C75H56BF2N3/c1-73-44-20-21-45-74(73,2)81(65-43-42-50(46-60(65)73)49-24-6-3-7-25-49)53-47-68-72-69(48-53)80(64-39-19-15-33-57(64)55-31-13-17-37-62(55)78)67-41-23-35-59-71(67)76(72)70-58(75(59,51-26-8-4-9-27-51)52-28-10-5-11-29-52)34-22-40-66(70)79(68)63-38-18-14-32-56(63)54-30-12-16-36-61(54)77/h3-19,22-43,46-48H,20-21,44-45H2,1-2H3. The van der Waals surface area contributed by atoms with Gasteiger partial charge in [0.2, 0.25) is 0 Å². The molecule has 0 amide bonds. The van der Waals surface area contributed by atoms with E-state index in [1.807, 2.05) is 36.4 Å². The first kappa shape index (κ1) is 47.7. The zero-order valence-electron chi connectivity index (χ0n) is 45.3. The van der Waals surface area contributed by atoms with Crippen molar-refractivity contribution in [3.8, 4) is 33.4 Å². The first-order chi connectivity index (χ1) is 39.8. The molecule has 6 heteroatoms. The zero-order valence-corrected chi connectivity index (χ0v) is 45.3. The van der Waals surface area contributed by atoms with Crippen molar-refractivity contribution >= 4 is 68.6 Å². The van der Waals surface area contributed by atoms with Crippen LogP contribution in [0, 0.1) is 11.6 Å². The number of hydrogen-bond donors (Lipinski definition) is 0. The average molecular weight is 1050 g/mol. The zero-order chi connectivity index (χ0) is 54.2. The van der Waals surface area contributed by atoms with Crippen molar-refractivity contribution in [2.45, 2.75) is 55.9 Å². The van der Waals surface area contributed by atoms with Crippen molar-refractivity contribution in [1.29, 1.82) is 0 Å². The molecule has 5 aliphatic rings. The van der Waals surface area contributed by atoms with Gasteiger partial charge in [-0.05, 0) is 136 Å². The molecule has 0 bridgehead atoms. The van der Waals surface area contributed by atoms with Crippen molar-refractivity contribution in [2.24, 2.45) is 0 Å². The van der Waals surface area contributed by atoms with Crippen LogP contribution in [0.15, 0.2) is 255 Å². The molecule has 0 N–H and O–H groups in total. The van der Waals surface area contributed by atoms with E-state index >= 15 is 8.78 Å². The van der Waals surface area contributed by atoms with Gasteiger partial charge in [-0.15, -0.1) is 0 Å². The number of para-hydroxylation sites is 2. The van der Waals surface area contributed by atoms with Crippen molar-refractivity contribution in [1.82, 2.24) is 0 Å².